The van der Waals surface area contributed by atoms with Crippen molar-refractivity contribution in [1.82, 2.24) is 9.97 Å². The minimum Gasteiger partial charge on any atom is -0.241 e. The van der Waals surface area contributed by atoms with Crippen LogP contribution in [0.4, 0.5) is 0 Å². The molecule has 3 aromatic rings. The Kier molecular flexibility index (Phi) is 4.06. The molecule has 0 aliphatic rings. The fourth-order valence-electron chi connectivity index (χ4n) is 2.35. The zero-order valence-electron chi connectivity index (χ0n) is 12.2. The second-order valence-electron chi connectivity index (χ2n) is 5.24. The Morgan fingerprint density at radius 3 is 1.95 bits per heavy atom. The lowest BCUT2D eigenvalue weighted by Crippen LogP contribution is -2.03. The molecule has 0 aliphatic heterocycles. The van der Waals surface area contributed by atoms with Crippen molar-refractivity contribution >= 4 is 0 Å². The number of aromatic nitrogens is 2. The SMILES string of the molecule is Cc1cnc(Cc2ccccc2)nc1Cc1ccccc1. The van der Waals surface area contributed by atoms with E-state index in [1.54, 1.807) is 0 Å². The summed E-state index contributed by atoms with van der Waals surface area (Å²) >= 11 is 0. The molecule has 104 valence electrons. The van der Waals surface area contributed by atoms with Crippen LogP contribution >= 0.6 is 0 Å². The van der Waals surface area contributed by atoms with Gasteiger partial charge in [-0.1, -0.05) is 60.7 Å². The first-order valence-electron chi connectivity index (χ1n) is 7.20. The smallest absolute Gasteiger partial charge is 0.132 e. The van der Waals surface area contributed by atoms with Crippen LogP contribution in [0.25, 0.3) is 0 Å². The minimum absolute atomic E-state index is 0.781. The number of nitrogens with zero attached hydrogens (tertiary/aromatic N) is 2. The summed E-state index contributed by atoms with van der Waals surface area (Å²) in [6, 6.07) is 20.8. The molecular formula is C19H18N2. The molecule has 0 saturated heterocycles. The zero-order valence-corrected chi connectivity index (χ0v) is 12.2. The van der Waals surface area contributed by atoms with Gasteiger partial charge in [-0.05, 0) is 23.6 Å². The van der Waals surface area contributed by atoms with Gasteiger partial charge in [0.05, 0.1) is 5.69 Å². The fraction of sp³-hybridized carbons (Fsp3) is 0.158. The highest BCUT2D eigenvalue weighted by atomic mass is 14.9. The third-order valence-corrected chi connectivity index (χ3v) is 3.55. The molecule has 0 spiro atoms. The summed E-state index contributed by atoms with van der Waals surface area (Å²) in [5.41, 5.74) is 4.79. The monoisotopic (exact) mass is 274 g/mol. The summed E-state index contributed by atoms with van der Waals surface area (Å²) in [5, 5.41) is 0. The van der Waals surface area contributed by atoms with Gasteiger partial charge in [-0.2, -0.15) is 0 Å². The van der Waals surface area contributed by atoms with Crippen LogP contribution < -0.4 is 0 Å². The van der Waals surface area contributed by atoms with Crippen LogP contribution in [0, 0.1) is 6.92 Å². The molecule has 0 N–H and O–H groups in total. The summed E-state index contributed by atoms with van der Waals surface area (Å²) in [6.45, 7) is 2.07. The van der Waals surface area contributed by atoms with E-state index in [1.807, 2.05) is 18.3 Å². The maximum absolute atomic E-state index is 4.75. The highest BCUT2D eigenvalue weighted by molar-refractivity contribution is 5.27. The Bertz CT molecular complexity index is 706. The lowest BCUT2D eigenvalue weighted by atomic mass is 10.1. The number of aryl methyl sites for hydroxylation is 1. The van der Waals surface area contributed by atoms with Crippen LogP contribution in [-0.4, -0.2) is 9.97 Å². The summed E-state index contributed by atoms with van der Waals surface area (Å²) in [4.78, 5) is 9.22. The zero-order chi connectivity index (χ0) is 14.5. The summed E-state index contributed by atoms with van der Waals surface area (Å²) in [5.74, 6) is 0.887. The number of benzene rings is 2. The van der Waals surface area contributed by atoms with Crippen molar-refractivity contribution in [1.29, 1.82) is 0 Å². The Morgan fingerprint density at radius 2 is 1.33 bits per heavy atom. The molecule has 0 saturated carbocycles. The predicted octanol–water partition coefficient (Wildman–Crippen LogP) is 3.97. The van der Waals surface area contributed by atoms with Gasteiger partial charge in [0.1, 0.15) is 5.82 Å². The average Bonchev–Trinajstić information content (AvgIpc) is 2.53. The van der Waals surface area contributed by atoms with Gasteiger partial charge in [0.2, 0.25) is 0 Å². The van der Waals surface area contributed by atoms with E-state index in [1.165, 1.54) is 11.1 Å². The average molecular weight is 274 g/mol. The molecule has 1 heterocycles. The van der Waals surface area contributed by atoms with Crippen LogP contribution in [0.3, 0.4) is 0 Å². The molecule has 2 nitrogen and oxygen atoms in total. The van der Waals surface area contributed by atoms with Gasteiger partial charge in [-0.15, -0.1) is 0 Å². The molecule has 0 unspecified atom stereocenters. The van der Waals surface area contributed by atoms with Crippen LogP contribution in [0.1, 0.15) is 28.2 Å². The Hall–Kier alpha value is -2.48. The first-order valence-corrected chi connectivity index (χ1v) is 7.20. The fourth-order valence-corrected chi connectivity index (χ4v) is 2.35. The van der Waals surface area contributed by atoms with Gasteiger partial charge < -0.3 is 0 Å². The molecule has 21 heavy (non-hydrogen) atoms. The van der Waals surface area contributed by atoms with Crippen LogP contribution in [0.5, 0.6) is 0 Å². The van der Waals surface area contributed by atoms with Crippen molar-refractivity contribution in [3.8, 4) is 0 Å². The maximum Gasteiger partial charge on any atom is 0.132 e. The lowest BCUT2D eigenvalue weighted by molar-refractivity contribution is 0.900. The lowest BCUT2D eigenvalue weighted by Gasteiger charge is -2.07. The molecule has 2 heteroatoms. The molecule has 1 aromatic heterocycles. The van der Waals surface area contributed by atoms with E-state index in [9.17, 15) is 0 Å². The molecule has 0 atom stereocenters. The molecule has 2 aromatic carbocycles. The third-order valence-electron chi connectivity index (χ3n) is 3.55. The van der Waals surface area contributed by atoms with E-state index in [2.05, 4.69) is 60.4 Å². The van der Waals surface area contributed by atoms with E-state index < -0.39 is 0 Å². The quantitative estimate of drug-likeness (QED) is 0.719. The van der Waals surface area contributed by atoms with Crippen molar-refractivity contribution in [2.75, 3.05) is 0 Å². The second-order valence-corrected chi connectivity index (χ2v) is 5.24. The Balaban J connectivity index is 1.83. The number of rotatable bonds is 4. The predicted molar refractivity (Wildman–Crippen MR) is 85.3 cm³/mol. The van der Waals surface area contributed by atoms with Crippen LogP contribution in [0.2, 0.25) is 0 Å². The minimum atomic E-state index is 0.781. The number of hydrogen-bond acceptors (Lipinski definition) is 2. The highest BCUT2D eigenvalue weighted by Crippen LogP contribution is 2.13. The Morgan fingerprint density at radius 1 is 0.762 bits per heavy atom. The third kappa shape index (κ3) is 3.54. The van der Waals surface area contributed by atoms with E-state index in [0.29, 0.717) is 0 Å². The first-order chi connectivity index (χ1) is 10.3. The first kappa shape index (κ1) is 13.5. The largest absolute Gasteiger partial charge is 0.241 e. The molecule has 0 radical (unpaired) electrons. The van der Waals surface area contributed by atoms with E-state index in [0.717, 1.165) is 29.9 Å². The summed E-state index contributed by atoms with van der Waals surface area (Å²) < 4.78 is 0. The molecule has 0 amide bonds. The van der Waals surface area contributed by atoms with Gasteiger partial charge in [0, 0.05) is 19.0 Å². The highest BCUT2D eigenvalue weighted by Gasteiger charge is 2.06. The van der Waals surface area contributed by atoms with Gasteiger partial charge in [-0.3, -0.25) is 0 Å². The van der Waals surface area contributed by atoms with Crippen LogP contribution in [-0.2, 0) is 12.8 Å². The standard InChI is InChI=1S/C19H18N2/c1-15-14-20-19(13-17-10-6-3-7-11-17)21-18(15)12-16-8-4-2-5-9-16/h2-11,14H,12-13H2,1H3. The van der Waals surface area contributed by atoms with Gasteiger partial charge in [-0.25, -0.2) is 9.97 Å². The number of hydrogen-bond donors (Lipinski definition) is 0. The van der Waals surface area contributed by atoms with Crippen LogP contribution in [0.15, 0.2) is 66.9 Å². The van der Waals surface area contributed by atoms with E-state index >= 15 is 0 Å². The van der Waals surface area contributed by atoms with E-state index in [4.69, 9.17) is 4.98 Å². The van der Waals surface area contributed by atoms with Gasteiger partial charge in [0.25, 0.3) is 0 Å². The van der Waals surface area contributed by atoms with Crippen molar-refractivity contribution in [3.05, 3.63) is 95.1 Å². The van der Waals surface area contributed by atoms with Crippen molar-refractivity contribution in [2.45, 2.75) is 19.8 Å². The maximum atomic E-state index is 4.75. The van der Waals surface area contributed by atoms with E-state index in [-0.39, 0.29) is 0 Å². The molecule has 0 bridgehead atoms. The molecule has 0 fully saturated rings. The normalized spacial score (nSPS) is 10.5. The summed E-state index contributed by atoms with van der Waals surface area (Å²) in [6.07, 6.45) is 3.57. The molecule has 0 aliphatic carbocycles. The Labute approximate surface area is 125 Å². The second kappa shape index (κ2) is 6.31. The van der Waals surface area contributed by atoms with Crippen molar-refractivity contribution in [2.24, 2.45) is 0 Å². The van der Waals surface area contributed by atoms with Crippen molar-refractivity contribution < 1.29 is 0 Å². The van der Waals surface area contributed by atoms with Crippen molar-refractivity contribution in [3.63, 3.8) is 0 Å². The summed E-state index contributed by atoms with van der Waals surface area (Å²) in [7, 11) is 0. The molecular weight excluding hydrogens is 256 g/mol. The van der Waals surface area contributed by atoms with Gasteiger partial charge >= 0.3 is 0 Å². The molecule has 3 rings (SSSR count). The van der Waals surface area contributed by atoms with Gasteiger partial charge in [0.15, 0.2) is 0 Å². The topological polar surface area (TPSA) is 25.8 Å².